The Labute approximate surface area is 256 Å². The summed E-state index contributed by atoms with van der Waals surface area (Å²) in [7, 11) is 5.24. The van der Waals surface area contributed by atoms with Crippen molar-refractivity contribution in [3.8, 4) is 34.8 Å². The van der Waals surface area contributed by atoms with Crippen molar-refractivity contribution in [3.05, 3.63) is 39.4 Å². The molecule has 0 radical (unpaired) electrons. The van der Waals surface area contributed by atoms with Crippen molar-refractivity contribution >= 4 is 11.9 Å². The number of hydrogen-bond acceptors (Lipinski definition) is 11. The monoisotopic (exact) mass is 606 g/mol. The fraction of sp³-hybridized carbons (Fsp3) is 0.531. The van der Waals surface area contributed by atoms with Gasteiger partial charge in [0, 0.05) is 61.8 Å². The van der Waals surface area contributed by atoms with Crippen LogP contribution in [0.2, 0.25) is 0 Å². The highest BCUT2D eigenvalue weighted by molar-refractivity contribution is 5.75. The normalized spacial score (nSPS) is 24.8. The molecular formula is C32H38N4O8. The van der Waals surface area contributed by atoms with Gasteiger partial charge in [0.15, 0.2) is 29.8 Å². The van der Waals surface area contributed by atoms with Gasteiger partial charge >= 0.3 is 5.97 Å². The number of carbonyl (C=O) groups excluding carboxylic acids is 2. The van der Waals surface area contributed by atoms with E-state index >= 15 is 0 Å². The lowest BCUT2D eigenvalue weighted by molar-refractivity contribution is -0.132. The Morgan fingerprint density at radius 1 is 1.07 bits per heavy atom. The first kappa shape index (κ1) is 30.0. The Morgan fingerprint density at radius 3 is 2.48 bits per heavy atom. The number of aryl methyl sites for hydroxylation is 1. The largest absolute Gasteiger partial charge is 0.493 e. The van der Waals surface area contributed by atoms with Gasteiger partial charge in [-0.1, -0.05) is 6.07 Å². The number of amides is 1. The summed E-state index contributed by atoms with van der Waals surface area (Å²) in [6.07, 6.45) is 1.05. The van der Waals surface area contributed by atoms with E-state index in [4.69, 9.17) is 28.4 Å². The van der Waals surface area contributed by atoms with Crippen LogP contribution in [0, 0.1) is 25.2 Å². The van der Waals surface area contributed by atoms with Crippen LogP contribution in [0.15, 0.2) is 6.07 Å². The van der Waals surface area contributed by atoms with Crippen LogP contribution in [0.4, 0.5) is 0 Å². The van der Waals surface area contributed by atoms with Crippen LogP contribution < -0.4 is 29.0 Å². The maximum absolute atomic E-state index is 12.4. The van der Waals surface area contributed by atoms with Crippen LogP contribution in [0.1, 0.15) is 59.3 Å². The van der Waals surface area contributed by atoms with Gasteiger partial charge in [-0.25, -0.2) is 0 Å². The topological polar surface area (TPSA) is 132 Å². The number of ether oxygens (including phenoxy) is 6. The van der Waals surface area contributed by atoms with E-state index in [9.17, 15) is 14.9 Å². The van der Waals surface area contributed by atoms with E-state index in [1.807, 2.05) is 20.9 Å². The lowest BCUT2D eigenvalue weighted by Gasteiger charge is -2.60. The molecule has 4 aliphatic heterocycles. The number of hydrogen-bond donors (Lipinski definition) is 1. The molecule has 44 heavy (non-hydrogen) atoms. The van der Waals surface area contributed by atoms with E-state index in [1.165, 1.54) is 13.8 Å². The average molecular weight is 607 g/mol. The van der Waals surface area contributed by atoms with Crippen molar-refractivity contribution in [2.45, 2.75) is 70.7 Å². The van der Waals surface area contributed by atoms with E-state index in [0.29, 0.717) is 47.2 Å². The van der Waals surface area contributed by atoms with Crippen LogP contribution in [0.25, 0.3) is 0 Å². The molecule has 1 fully saturated rings. The van der Waals surface area contributed by atoms with Crippen LogP contribution in [-0.2, 0) is 27.2 Å². The standard InChI is InChI=1S/C32H38N4O8/c1-15-8-19-9-21-23(11-33)36-22(27(35(21)5)25(19)31(28(15)40-7)41-13-39-6)10-20-26(24(36)12-34-17(3)37)32-30(42-14-43-32)16(2)29(20)44-18(4)38/h8,21-24,27H,9-10,12-14H2,1-7H3,(H,34,37)/t21-,22+,23?,24+,27+/m1/s1. The number of fused-ring (bicyclic) bond motifs is 9. The number of rotatable bonds is 7. The highest BCUT2D eigenvalue weighted by atomic mass is 16.7. The smallest absolute Gasteiger partial charge is 0.308 e. The molecule has 2 bridgehead atoms. The second kappa shape index (κ2) is 11.5. The molecule has 4 aliphatic rings. The quantitative estimate of drug-likeness (QED) is 0.284. The Kier molecular flexibility index (Phi) is 7.82. The Hall–Kier alpha value is -4.05. The highest BCUT2D eigenvalue weighted by Crippen LogP contribution is 2.58. The first-order valence-electron chi connectivity index (χ1n) is 14.7. The van der Waals surface area contributed by atoms with Crippen molar-refractivity contribution in [3.63, 3.8) is 0 Å². The van der Waals surface area contributed by atoms with Gasteiger partial charge in [0.25, 0.3) is 0 Å². The fourth-order valence-electron chi connectivity index (χ4n) is 7.79. The zero-order valence-corrected chi connectivity index (χ0v) is 26.1. The molecule has 1 amide bonds. The van der Waals surface area contributed by atoms with Crippen LogP contribution >= 0.6 is 0 Å². The van der Waals surface area contributed by atoms with Crippen molar-refractivity contribution in [1.29, 1.82) is 5.26 Å². The van der Waals surface area contributed by atoms with Crippen LogP contribution in [-0.4, -0.2) is 81.2 Å². The van der Waals surface area contributed by atoms with Crippen LogP contribution in [0.3, 0.4) is 0 Å². The summed E-state index contributed by atoms with van der Waals surface area (Å²) in [5.74, 6) is 2.09. The summed E-state index contributed by atoms with van der Waals surface area (Å²) in [5, 5.41) is 13.8. The molecule has 0 aromatic heterocycles. The number of carbonyl (C=O) groups is 2. The first-order valence-corrected chi connectivity index (χ1v) is 14.7. The van der Waals surface area contributed by atoms with E-state index < -0.39 is 18.1 Å². The number of nitrogens with zero attached hydrogens (tertiary/aromatic N) is 3. The summed E-state index contributed by atoms with van der Waals surface area (Å²) in [6.45, 7) is 6.95. The second-order valence-electron chi connectivity index (χ2n) is 11.8. The molecule has 4 heterocycles. The maximum Gasteiger partial charge on any atom is 0.308 e. The third kappa shape index (κ3) is 4.53. The van der Waals surface area contributed by atoms with Gasteiger partial charge in [-0.05, 0) is 44.9 Å². The van der Waals surface area contributed by atoms with Crippen molar-refractivity contribution in [2.75, 3.05) is 41.4 Å². The highest BCUT2D eigenvalue weighted by Gasteiger charge is 2.57. The van der Waals surface area contributed by atoms with E-state index in [-0.39, 0.29) is 44.2 Å². The number of esters is 1. The SMILES string of the molecule is COCOc1c(OC)c(C)cc2c1[C@@H]1[C@@H]3Cc4c(OC(C)=O)c(C)c5c(c4[C@H](CNC(C)=O)N3C(C#N)[C@@H](C2)N1C)OCO5. The molecule has 2 aromatic rings. The summed E-state index contributed by atoms with van der Waals surface area (Å²) in [5.41, 5.74) is 5.24. The summed E-state index contributed by atoms with van der Waals surface area (Å²) in [4.78, 5) is 29.2. The minimum absolute atomic E-state index is 0.0187. The summed E-state index contributed by atoms with van der Waals surface area (Å²) >= 11 is 0. The molecule has 0 aliphatic carbocycles. The van der Waals surface area contributed by atoms with Gasteiger partial charge in [0.05, 0.1) is 25.3 Å². The molecule has 12 heteroatoms. The van der Waals surface area contributed by atoms with Gasteiger partial charge in [-0.2, -0.15) is 5.26 Å². The third-order valence-electron chi connectivity index (χ3n) is 9.36. The van der Waals surface area contributed by atoms with E-state index in [2.05, 4.69) is 27.3 Å². The second-order valence-corrected chi connectivity index (χ2v) is 11.8. The predicted octanol–water partition coefficient (Wildman–Crippen LogP) is 2.86. The maximum atomic E-state index is 12.4. The zero-order chi connectivity index (χ0) is 31.4. The van der Waals surface area contributed by atoms with E-state index in [1.54, 1.807) is 14.2 Å². The number of piperazine rings is 1. The molecule has 6 rings (SSSR count). The van der Waals surface area contributed by atoms with Gasteiger partial charge < -0.3 is 33.7 Å². The average Bonchev–Trinajstić information content (AvgIpc) is 3.47. The molecule has 1 saturated heterocycles. The van der Waals surface area contributed by atoms with Gasteiger partial charge in [0.2, 0.25) is 12.7 Å². The van der Waals surface area contributed by atoms with Crippen molar-refractivity contribution in [1.82, 2.24) is 15.1 Å². The van der Waals surface area contributed by atoms with Crippen LogP contribution in [0.5, 0.6) is 28.7 Å². The summed E-state index contributed by atoms with van der Waals surface area (Å²) < 4.78 is 35.2. The molecule has 2 aromatic carbocycles. The predicted molar refractivity (Wildman–Crippen MR) is 157 cm³/mol. The molecule has 0 spiro atoms. The van der Waals surface area contributed by atoms with Crippen molar-refractivity contribution in [2.24, 2.45) is 0 Å². The number of nitriles is 1. The van der Waals surface area contributed by atoms with Gasteiger partial charge in [0.1, 0.15) is 11.8 Å². The zero-order valence-electron chi connectivity index (χ0n) is 26.1. The van der Waals surface area contributed by atoms with Crippen molar-refractivity contribution < 1.29 is 38.0 Å². The molecular weight excluding hydrogens is 568 g/mol. The molecule has 12 nitrogen and oxygen atoms in total. The Balaban J connectivity index is 1.62. The number of benzene rings is 2. The Morgan fingerprint density at radius 2 is 1.82 bits per heavy atom. The molecule has 1 N–H and O–H groups in total. The lowest BCUT2D eigenvalue weighted by atomic mass is 9.71. The van der Waals surface area contributed by atoms with E-state index in [0.717, 1.165) is 27.8 Å². The minimum Gasteiger partial charge on any atom is -0.493 e. The Bertz CT molecular complexity index is 1570. The molecule has 234 valence electrons. The lowest BCUT2D eigenvalue weighted by Crippen LogP contribution is -2.68. The molecule has 5 atom stereocenters. The summed E-state index contributed by atoms with van der Waals surface area (Å²) in [6, 6.07) is 3.08. The number of likely N-dealkylation sites (N-methyl/N-ethyl adjacent to an activating group) is 1. The first-order chi connectivity index (χ1) is 21.1. The number of nitrogens with one attached hydrogen (secondary N) is 1. The third-order valence-corrected chi connectivity index (χ3v) is 9.36. The fourth-order valence-corrected chi connectivity index (χ4v) is 7.79. The molecule has 1 unspecified atom stereocenters. The number of methoxy groups -OCH3 is 2. The molecule has 0 saturated carbocycles. The minimum atomic E-state index is -0.525. The van der Waals surface area contributed by atoms with Gasteiger partial charge in [-0.3, -0.25) is 19.4 Å². The van der Waals surface area contributed by atoms with Gasteiger partial charge in [-0.15, -0.1) is 0 Å².